The van der Waals surface area contributed by atoms with E-state index in [-0.39, 0.29) is 37.2 Å². The van der Waals surface area contributed by atoms with E-state index < -0.39 is 59.9 Å². The van der Waals surface area contributed by atoms with Crippen LogP contribution in [0.3, 0.4) is 0 Å². The number of nitrogens with zero attached hydrogens (tertiary/aromatic N) is 4. The molecule has 0 spiro atoms. The summed E-state index contributed by atoms with van der Waals surface area (Å²) in [5.41, 5.74) is -1.23. The van der Waals surface area contributed by atoms with Gasteiger partial charge in [-0.05, 0) is 48.7 Å². The number of halogens is 6. The average molecular weight is 622 g/mol. The Morgan fingerprint density at radius 1 is 0.952 bits per heavy atom. The number of carbonyl (C=O) groups is 1. The molecular formula is C25H25F6N4O6P. The van der Waals surface area contributed by atoms with E-state index in [2.05, 4.69) is 0 Å². The lowest BCUT2D eigenvalue weighted by Crippen LogP contribution is -2.42. The third kappa shape index (κ3) is 6.56. The molecule has 0 aliphatic carbocycles. The summed E-state index contributed by atoms with van der Waals surface area (Å²) in [6.45, 7) is 0.980. The molecule has 3 heterocycles. The molecule has 5 rings (SSSR count). The second-order valence-electron chi connectivity index (χ2n) is 10.1. The zero-order valence-corrected chi connectivity index (χ0v) is 22.7. The molecule has 0 aromatic heterocycles. The molecule has 3 aliphatic rings. The standard InChI is InChI=1S/C25H25F6N4O6P/c26-24(27,28)18-6-8-32(9-7-18)23(36)17-2-1-3-19(14-17)40-21-15-16(4-5-20(21)35(37)38)22(25(29,30)31)41-42(39,33-10-11-33)34-12-13-34/h1-5,14-15,18,22H,6-13H2. The molecule has 3 fully saturated rings. The van der Waals surface area contributed by atoms with Crippen molar-refractivity contribution in [2.75, 3.05) is 39.3 Å². The molecule has 17 heteroatoms. The molecule has 1 unspecified atom stereocenters. The van der Waals surface area contributed by atoms with Gasteiger partial charge in [-0.3, -0.25) is 24.0 Å². The minimum absolute atomic E-state index is 0.0196. The molecule has 1 atom stereocenters. The van der Waals surface area contributed by atoms with E-state index in [4.69, 9.17) is 9.26 Å². The van der Waals surface area contributed by atoms with Crippen LogP contribution in [0.25, 0.3) is 0 Å². The van der Waals surface area contributed by atoms with Gasteiger partial charge in [0, 0.05) is 50.9 Å². The zero-order chi connectivity index (χ0) is 30.4. The molecule has 228 valence electrons. The van der Waals surface area contributed by atoms with Gasteiger partial charge in [-0.25, -0.2) is 9.34 Å². The van der Waals surface area contributed by atoms with Gasteiger partial charge < -0.3 is 9.64 Å². The van der Waals surface area contributed by atoms with E-state index in [9.17, 15) is 45.8 Å². The van der Waals surface area contributed by atoms with E-state index in [1.54, 1.807) is 0 Å². The van der Waals surface area contributed by atoms with E-state index >= 15 is 0 Å². The Hall–Kier alpha value is -3.20. The fourth-order valence-corrected chi connectivity index (χ4v) is 7.02. The van der Waals surface area contributed by atoms with E-state index in [1.165, 1.54) is 38.5 Å². The van der Waals surface area contributed by atoms with Gasteiger partial charge in [0.05, 0.1) is 10.8 Å². The molecule has 3 aliphatic heterocycles. The summed E-state index contributed by atoms with van der Waals surface area (Å²) in [7, 11) is -3.95. The number of hydrogen-bond acceptors (Lipinski definition) is 6. The van der Waals surface area contributed by atoms with Crippen molar-refractivity contribution >= 4 is 19.3 Å². The first-order valence-corrected chi connectivity index (χ1v) is 14.5. The van der Waals surface area contributed by atoms with Crippen LogP contribution in [-0.2, 0) is 9.09 Å². The molecule has 0 N–H and O–H groups in total. The molecular weight excluding hydrogens is 597 g/mol. The number of likely N-dealkylation sites (tertiary alicyclic amines) is 1. The topological polar surface area (TPSA) is 105 Å². The summed E-state index contributed by atoms with van der Waals surface area (Å²) in [5, 5.41) is 11.7. The van der Waals surface area contributed by atoms with Crippen molar-refractivity contribution in [3.05, 3.63) is 63.7 Å². The number of alkyl halides is 6. The van der Waals surface area contributed by atoms with Crippen LogP contribution in [0.2, 0.25) is 0 Å². The first-order valence-electron chi connectivity index (χ1n) is 12.9. The third-order valence-corrected chi connectivity index (χ3v) is 9.85. The molecule has 2 aromatic rings. The lowest BCUT2D eigenvalue weighted by Gasteiger charge is -2.33. The normalized spacial score (nSPS) is 19.4. The molecule has 0 saturated carbocycles. The first kappa shape index (κ1) is 30.3. The zero-order valence-electron chi connectivity index (χ0n) is 21.8. The van der Waals surface area contributed by atoms with Gasteiger partial charge in [0.25, 0.3) is 5.91 Å². The molecule has 0 bridgehead atoms. The van der Waals surface area contributed by atoms with Crippen molar-refractivity contribution in [3.63, 3.8) is 0 Å². The van der Waals surface area contributed by atoms with Crippen LogP contribution in [0.4, 0.5) is 32.0 Å². The first-order chi connectivity index (χ1) is 19.7. The Balaban J connectivity index is 1.39. The van der Waals surface area contributed by atoms with Crippen LogP contribution in [0.5, 0.6) is 11.5 Å². The number of rotatable bonds is 9. The van der Waals surface area contributed by atoms with Crippen molar-refractivity contribution in [1.82, 2.24) is 14.2 Å². The highest BCUT2D eigenvalue weighted by molar-refractivity contribution is 7.54. The molecule has 1 amide bonds. The summed E-state index contributed by atoms with van der Waals surface area (Å²) in [6, 6.07) is 7.70. The second-order valence-corrected chi connectivity index (χ2v) is 12.5. The van der Waals surface area contributed by atoms with Crippen molar-refractivity contribution in [1.29, 1.82) is 0 Å². The number of nitro groups is 1. The smallest absolute Gasteiger partial charge is 0.419 e. The van der Waals surface area contributed by atoms with Gasteiger partial charge >= 0.3 is 25.7 Å². The molecule has 0 radical (unpaired) electrons. The maximum atomic E-state index is 14.2. The molecule has 10 nitrogen and oxygen atoms in total. The van der Waals surface area contributed by atoms with Crippen LogP contribution in [-0.4, -0.2) is 76.7 Å². The van der Waals surface area contributed by atoms with E-state index in [1.807, 2.05) is 0 Å². The summed E-state index contributed by atoms with van der Waals surface area (Å²) >= 11 is 0. The lowest BCUT2D eigenvalue weighted by molar-refractivity contribution is -0.385. The Kier molecular flexibility index (Phi) is 8.02. The number of benzene rings is 2. The van der Waals surface area contributed by atoms with Crippen LogP contribution < -0.4 is 4.74 Å². The van der Waals surface area contributed by atoms with Crippen molar-refractivity contribution < 1.29 is 49.9 Å². The van der Waals surface area contributed by atoms with Crippen LogP contribution in [0, 0.1) is 16.0 Å². The van der Waals surface area contributed by atoms with Crippen molar-refractivity contribution in [3.8, 4) is 11.5 Å². The quantitative estimate of drug-likeness (QED) is 0.108. The van der Waals surface area contributed by atoms with E-state index in [0.717, 1.165) is 18.2 Å². The van der Waals surface area contributed by atoms with Crippen LogP contribution >= 0.6 is 7.67 Å². The molecule has 42 heavy (non-hydrogen) atoms. The van der Waals surface area contributed by atoms with Crippen LogP contribution in [0.15, 0.2) is 42.5 Å². The molecule has 2 aromatic carbocycles. The Morgan fingerprint density at radius 3 is 2.10 bits per heavy atom. The van der Waals surface area contributed by atoms with E-state index in [0.29, 0.717) is 26.2 Å². The molecule has 3 saturated heterocycles. The number of amides is 1. The van der Waals surface area contributed by atoms with Gasteiger partial charge in [-0.2, -0.15) is 26.3 Å². The van der Waals surface area contributed by atoms with Crippen molar-refractivity contribution in [2.24, 2.45) is 5.92 Å². The maximum absolute atomic E-state index is 14.2. The SMILES string of the molecule is O=C(c1cccc(Oc2cc(C(OP(=O)(N3CC3)N3CC3)C(F)(F)F)ccc2[N+](=O)[O-])c1)N1CCC(C(F)(F)F)CC1. The Labute approximate surface area is 235 Å². The van der Waals surface area contributed by atoms with Crippen LogP contribution in [0.1, 0.15) is 34.9 Å². The number of ether oxygens (including phenoxy) is 1. The highest BCUT2D eigenvalue weighted by atomic mass is 31.2. The fourth-order valence-electron chi connectivity index (χ4n) is 4.69. The van der Waals surface area contributed by atoms with Gasteiger partial charge in [-0.15, -0.1) is 0 Å². The number of carbonyl (C=O) groups excluding carboxylic acids is 1. The average Bonchev–Trinajstić information content (AvgIpc) is 3.82. The summed E-state index contributed by atoms with van der Waals surface area (Å²) in [5.74, 6) is -2.81. The minimum atomic E-state index is -5.03. The third-order valence-electron chi connectivity index (χ3n) is 7.14. The number of piperidine rings is 1. The van der Waals surface area contributed by atoms with Gasteiger partial charge in [-0.1, -0.05) is 6.07 Å². The Morgan fingerprint density at radius 2 is 1.57 bits per heavy atom. The van der Waals surface area contributed by atoms with Gasteiger partial charge in [0.1, 0.15) is 5.75 Å². The number of hydrogen-bond donors (Lipinski definition) is 0. The van der Waals surface area contributed by atoms with Gasteiger partial charge in [0.2, 0.25) is 5.75 Å². The number of nitro benzene ring substituents is 1. The predicted molar refractivity (Wildman–Crippen MR) is 135 cm³/mol. The van der Waals surface area contributed by atoms with Gasteiger partial charge in [0.15, 0.2) is 6.10 Å². The second kappa shape index (κ2) is 11.1. The fraction of sp³-hybridized carbons (Fsp3) is 0.480. The Bertz CT molecular complexity index is 1390. The van der Waals surface area contributed by atoms with Crippen molar-refractivity contribution in [2.45, 2.75) is 31.3 Å². The monoisotopic (exact) mass is 622 g/mol. The highest BCUT2D eigenvalue weighted by Gasteiger charge is 2.55. The highest BCUT2D eigenvalue weighted by Crippen LogP contribution is 2.64. The minimum Gasteiger partial charge on any atom is -0.450 e. The summed E-state index contributed by atoms with van der Waals surface area (Å²) < 4.78 is 108. The lowest BCUT2D eigenvalue weighted by atomic mass is 9.96. The maximum Gasteiger partial charge on any atom is 0.419 e. The predicted octanol–water partition coefficient (Wildman–Crippen LogP) is 6.16. The summed E-state index contributed by atoms with van der Waals surface area (Å²) in [6.07, 6.45) is -12.6. The summed E-state index contributed by atoms with van der Waals surface area (Å²) in [4.78, 5) is 25.0. The largest absolute Gasteiger partial charge is 0.450 e.